The summed E-state index contributed by atoms with van der Waals surface area (Å²) >= 11 is 0. The number of anilines is 1. The molecule has 2 bridgehead atoms. The number of methoxy groups -OCH3 is 4. The number of aromatic nitrogens is 1. The van der Waals surface area contributed by atoms with Gasteiger partial charge < -0.3 is 123 Å². The Bertz CT molecular complexity index is 4460. The molecule has 2 aromatic carbocycles. The van der Waals surface area contributed by atoms with Crippen molar-refractivity contribution in [2.24, 2.45) is 17.3 Å². The molecule has 4 fully saturated rings. The van der Waals surface area contributed by atoms with Crippen molar-refractivity contribution in [2.75, 3.05) is 146 Å². The number of carbonyl (C=O) groups is 10. The summed E-state index contributed by atoms with van der Waals surface area (Å²) in [4.78, 5) is 150. The van der Waals surface area contributed by atoms with Crippen molar-refractivity contribution < 1.29 is 160 Å². The maximum atomic E-state index is 15.2. The second kappa shape index (κ2) is 58.9. The number of imide groups is 1. The van der Waals surface area contributed by atoms with Crippen molar-refractivity contribution >= 4 is 82.0 Å². The summed E-state index contributed by atoms with van der Waals surface area (Å²) in [6, 6.07) is 11.4. The number of ether oxygens (including phenoxy) is 12. The number of fused-ring (bicyclic) bond motifs is 6. The van der Waals surface area contributed by atoms with Gasteiger partial charge in [0.1, 0.15) is 32.0 Å². The number of para-hydroxylation sites is 1. The highest BCUT2D eigenvalue weighted by molar-refractivity contribution is 6.03. The van der Waals surface area contributed by atoms with Gasteiger partial charge in [-0.05, 0) is 164 Å². The van der Waals surface area contributed by atoms with E-state index in [0.29, 0.717) is 70.9 Å². The van der Waals surface area contributed by atoms with E-state index in [4.69, 9.17) is 92.0 Å². The predicted octanol–water partition coefficient (Wildman–Crippen LogP) is 5.33. The molecule has 40 heteroatoms. The van der Waals surface area contributed by atoms with Crippen molar-refractivity contribution in [3.05, 3.63) is 76.5 Å². The maximum Gasteiger partial charge on any atom is 0.373 e. The Kier molecular flexibility index (Phi) is 50.5. The summed E-state index contributed by atoms with van der Waals surface area (Å²) in [5.41, 5.74) is 2.93. The van der Waals surface area contributed by atoms with Gasteiger partial charge in [0.05, 0.1) is 75.7 Å². The molecule has 40 nitrogen and oxygen atoms in total. The van der Waals surface area contributed by atoms with Gasteiger partial charge in [0.25, 0.3) is 0 Å². The number of carbonyl (C=O) groups excluding carboxylic acids is 11. The molecule has 10 rings (SSSR count). The Morgan fingerprint density at radius 1 is 0.636 bits per heavy atom. The minimum Gasteiger partial charge on any atom is -0.481 e. The van der Waals surface area contributed by atoms with Gasteiger partial charge in [-0.15, -0.1) is 0 Å². The lowest BCUT2D eigenvalue weighted by Gasteiger charge is -2.63. The largest absolute Gasteiger partial charge is 0.481 e. The van der Waals surface area contributed by atoms with E-state index in [1.807, 2.05) is 34.7 Å². The first kappa shape index (κ1) is 120. The van der Waals surface area contributed by atoms with Crippen LogP contribution in [0, 0.1) is 24.2 Å². The number of hydrogen-bond acceptors (Lipinski definition) is 35. The number of rotatable bonds is 53. The molecular formula is C100H157N7O33. The summed E-state index contributed by atoms with van der Waals surface area (Å²) in [5.74, 6) is -4.76. The van der Waals surface area contributed by atoms with Gasteiger partial charge in [0, 0.05) is 177 Å². The number of likely N-dealkylation sites (N-methyl/N-ethyl adjacent to an activating group) is 1. The number of aliphatic carboxylic acids is 1. The second-order valence-electron chi connectivity index (χ2n) is 37.2. The highest BCUT2D eigenvalue weighted by Gasteiger charge is 2.78. The number of Topliss-reactive ketones (excluding diaryl/α,β-unsaturated/α-hetero) is 1. The van der Waals surface area contributed by atoms with E-state index in [-0.39, 0.29) is 197 Å². The molecule has 140 heavy (non-hydrogen) atoms. The van der Waals surface area contributed by atoms with Crippen LogP contribution >= 0.6 is 0 Å². The van der Waals surface area contributed by atoms with Crippen LogP contribution in [0.4, 0.5) is 5.69 Å². The third-order valence-corrected chi connectivity index (χ3v) is 27.7. The zero-order chi connectivity index (χ0) is 104. The molecular weight excluding hydrogens is 1830 g/mol. The van der Waals surface area contributed by atoms with E-state index >= 15 is 4.79 Å². The summed E-state index contributed by atoms with van der Waals surface area (Å²) in [5, 5.41) is 98.2. The number of aliphatic hydroxyl groups is 8. The molecule has 7 heterocycles. The molecule has 15 unspecified atom stereocenters. The molecule has 7 aliphatic rings. The minimum absolute atomic E-state index is 0.0183. The number of aryl methyl sites for hydroxylation is 1. The van der Waals surface area contributed by atoms with Crippen LogP contribution in [0.3, 0.4) is 0 Å². The molecule has 3 aromatic rings. The third kappa shape index (κ3) is 31.9. The number of piperidine rings is 1. The highest BCUT2D eigenvalue weighted by atomic mass is 16.7. The zero-order valence-electron chi connectivity index (χ0n) is 84.4. The monoisotopic (exact) mass is 1980 g/mol. The molecule has 6 aliphatic heterocycles. The number of amides is 4. The van der Waals surface area contributed by atoms with Gasteiger partial charge in [0.15, 0.2) is 36.5 Å². The molecule has 4 amide bonds. The number of aromatic amines is 1. The van der Waals surface area contributed by atoms with E-state index in [0.717, 1.165) is 66.1 Å². The fourth-order valence-electron chi connectivity index (χ4n) is 20.3. The molecule has 12 N–H and O–H groups in total. The minimum atomic E-state index is -2.17. The van der Waals surface area contributed by atoms with Crippen molar-refractivity contribution in [1.82, 2.24) is 30.3 Å². The number of unbranched alkanes of at least 4 members (excludes halogenated alkanes) is 1. The first-order chi connectivity index (χ1) is 66.8. The number of aliphatic hydroxyl groups excluding tert-OH is 6. The van der Waals surface area contributed by atoms with Gasteiger partial charge in [0.2, 0.25) is 23.6 Å². The number of likely N-dealkylation sites (tertiary alicyclic amines) is 1. The SMILES string of the molecule is CCC(CO)OC(CO)OC.CCC(CO)OC(COC(=O)CCCC(=O)NC(C)C(=O)OCCCCC(=O)[C@]1(O)C2N(C)c3cc(C)c([C@@]4(C)CC5CN(CCc6c4[nH]c4ccccc64)CC(O)(CC)C5)cc3[C@@]23CCN2CC=C[C@](CC)(C23)[C@H]1O)OC.CCC(CO)OC(COC(=O)CCCC(=O)NCCN1C(=O)CC(C)C1=O)OC.CCC(CO)OC(COC(=O)CCCC(=O)O)OC.O=C=O. The second-order valence-corrected chi connectivity index (χ2v) is 37.2. The van der Waals surface area contributed by atoms with E-state index in [1.54, 1.807) is 6.92 Å². The third-order valence-electron chi connectivity index (χ3n) is 27.7. The lowest BCUT2D eigenvalue weighted by atomic mass is 9.47. The Morgan fingerprint density at radius 2 is 1.16 bits per heavy atom. The number of esters is 4. The van der Waals surface area contributed by atoms with Crippen molar-refractivity contribution in [3.63, 3.8) is 0 Å². The maximum absolute atomic E-state index is 15.2. The smallest absolute Gasteiger partial charge is 0.373 e. The van der Waals surface area contributed by atoms with Crippen LogP contribution in [0.15, 0.2) is 48.6 Å². The van der Waals surface area contributed by atoms with Gasteiger partial charge in [-0.3, -0.25) is 57.9 Å². The number of H-pyrrole nitrogens is 1. The zero-order valence-corrected chi connectivity index (χ0v) is 84.4. The first-order valence-corrected chi connectivity index (χ1v) is 49.1. The highest BCUT2D eigenvalue weighted by Crippen LogP contribution is 2.67. The molecule has 1 aliphatic carbocycles. The van der Waals surface area contributed by atoms with Crippen LogP contribution in [0.25, 0.3) is 10.9 Å². The quantitative estimate of drug-likeness (QED) is 0.00849. The summed E-state index contributed by atoms with van der Waals surface area (Å²) in [7, 11) is 7.66. The van der Waals surface area contributed by atoms with E-state index in [2.05, 4.69) is 107 Å². The fourth-order valence-corrected chi connectivity index (χ4v) is 20.3. The van der Waals surface area contributed by atoms with Gasteiger partial charge in [-0.2, -0.15) is 9.59 Å². The summed E-state index contributed by atoms with van der Waals surface area (Å²) in [6.45, 7) is 22.6. The number of carboxylic acid groups (broad SMARTS) is 1. The Balaban J connectivity index is 0.000000391. The number of nitrogens with zero attached hydrogens (tertiary/aromatic N) is 4. The van der Waals surface area contributed by atoms with Crippen molar-refractivity contribution in [1.29, 1.82) is 0 Å². The number of nitrogens with one attached hydrogen (secondary N) is 3. The van der Waals surface area contributed by atoms with E-state index < -0.39 is 125 Å². The summed E-state index contributed by atoms with van der Waals surface area (Å²) < 4.78 is 62.2. The standard InChI is InChI=1S/C61H87N5O12.C19H32N2O8.C12H22O7.C7H16O4.CO2/c1-9-41(35-67)78-51(75-8)36-77-50(70)22-16-21-49(69)62-39(5)53(71)76-29-15-14-20-48(68)61(74)55-60(25-28-66-26-17-24-59(11-3,54(60)66)56(61)72)45-31-44(38(4)30-47(45)64(55)7)57(6)32-40-33-58(73,10-2)37-65(34-40)27-23-43-42-18-12-13-19-46(42)63-52(43)57;1-4-14(11-22)29-18(27-3)12-28-17(25)7-5-6-15(23)20-8-9-21-16(24)10-13(2)19(21)26;1-3-9(7-13)19-12(17-2)8-18-11(16)6-4-5-10(14)15;1-3-6(4-8)11-7(5-9)10-2;2-1-3/h12-13,17-19,24,30-31,39-41,51,54-56,63,67,72-74H,9-11,14-16,20-23,25-29,32-37H2,1-8H3,(H,62,69);13-14,18,22H,4-12H2,1-3H3,(H,20,23);9,12-13H,3-8H2,1-2H3,(H,14,15);6-9H,3-5H2,1-2H3;/t39?,40?,41?,51?,54?,55?,56-,57-,58?,59-,60-,61+;;;;/m1..../s1. The lowest BCUT2D eigenvalue weighted by molar-refractivity contribution is -0.202. The number of ketones is 1. The van der Waals surface area contributed by atoms with E-state index in [1.165, 1.54) is 57.6 Å². The molecule has 3 saturated heterocycles. The molecule has 1 aromatic heterocycles. The number of carboxylic acids is 1. The van der Waals surface area contributed by atoms with Crippen LogP contribution in [0.1, 0.15) is 232 Å². The first-order valence-electron chi connectivity index (χ1n) is 49.1. The molecule has 0 radical (unpaired) electrons. The van der Waals surface area contributed by atoms with Crippen molar-refractivity contribution in [3.8, 4) is 0 Å². The molecule has 20 atom stereocenters. The van der Waals surface area contributed by atoms with Crippen molar-refractivity contribution in [2.45, 2.75) is 313 Å². The van der Waals surface area contributed by atoms with Crippen LogP contribution in [-0.2, 0) is 132 Å². The topological polar surface area (TPSA) is 550 Å². The average molecular weight is 1990 g/mol. The molecule has 790 valence electrons. The number of hydrogen-bond donors (Lipinski definition) is 12. The Morgan fingerprint density at radius 3 is 1.66 bits per heavy atom. The van der Waals surface area contributed by atoms with Crippen LogP contribution < -0.4 is 15.5 Å². The lowest BCUT2D eigenvalue weighted by Crippen LogP contribution is -2.80. The normalized spacial score (nSPS) is 25.0. The van der Waals surface area contributed by atoms with Crippen LogP contribution in [0.2, 0.25) is 0 Å². The molecule has 1 spiro atoms. The van der Waals surface area contributed by atoms with E-state index in [9.17, 15) is 63.6 Å². The van der Waals surface area contributed by atoms with Gasteiger partial charge in [-0.1, -0.05) is 84.9 Å². The van der Waals surface area contributed by atoms with Crippen LogP contribution in [0.5, 0.6) is 0 Å². The molecule has 1 saturated carbocycles. The number of benzene rings is 2. The average Bonchev–Trinajstić information content (AvgIpc) is 1.47. The van der Waals surface area contributed by atoms with Gasteiger partial charge in [-0.25, -0.2) is 4.79 Å². The Labute approximate surface area is 821 Å². The predicted molar refractivity (Wildman–Crippen MR) is 508 cm³/mol. The fraction of sp³-hybridized carbons (Fsp3) is 0.730. The summed E-state index contributed by atoms with van der Waals surface area (Å²) in [6.07, 6.45) is 6.98. The van der Waals surface area contributed by atoms with Gasteiger partial charge >= 0.3 is 36.0 Å². The Hall–Kier alpha value is -8.72. The van der Waals surface area contributed by atoms with Crippen LogP contribution in [-0.4, -0.2) is 357 Å².